The highest BCUT2D eigenvalue weighted by atomic mass is 32.2. The molecule has 0 aromatic heterocycles. The molecule has 0 atom stereocenters. The molecule has 0 amide bonds. The summed E-state index contributed by atoms with van der Waals surface area (Å²) in [6.07, 6.45) is 0. The average molecular weight is 253 g/mol. The Morgan fingerprint density at radius 1 is 1.41 bits per heavy atom. The molecule has 1 aromatic carbocycles. The van der Waals surface area contributed by atoms with Crippen molar-refractivity contribution in [3.8, 4) is 0 Å². The summed E-state index contributed by atoms with van der Waals surface area (Å²) in [7, 11) is 2.06. The highest BCUT2D eigenvalue weighted by Gasteiger charge is 2.02. The molecule has 0 aliphatic rings. The summed E-state index contributed by atoms with van der Waals surface area (Å²) in [5, 5.41) is 11.5. The van der Waals surface area contributed by atoms with E-state index in [2.05, 4.69) is 24.0 Å². The van der Waals surface area contributed by atoms with Gasteiger partial charge >= 0.3 is 0 Å². The van der Waals surface area contributed by atoms with Gasteiger partial charge in [0, 0.05) is 30.6 Å². The van der Waals surface area contributed by atoms with Crippen molar-refractivity contribution in [2.75, 3.05) is 30.0 Å². The van der Waals surface area contributed by atoms with Gasteiger partial charge in [-0.1, -0.05) is 12.1 Å². The second kappa shape index (κ2) is 7.06. The van der Waals surface area contributed by atoms with E-state index in [-0.39, 0.29) is 5.84 Å². The highest BCUT2D eigenvalue weighted by molar-refractivity contribution is 7.99. The maximum absolute atomic E-state index is 8.56. The molecule has 0 unspecified atom stereocenters. The number of amidine groups is 1. The van der Waals surface area contributed by atoms with Crippen LogP contribution in [0, 0.1) is 0 Å². The number of benzene rings is 1. The SMILES string of the molecule is CCSCCN(C)c1ccc(/C(N)=N/O)cc1. The molecule has 3 N–H and O–H groups in total. The standard InChI is InChI=1S/C12H19N3OS/c1-3-17-9-8-15(2)11-6-4-10(5-7-11)12(13)14-16/h4-7,16H,3,8-9H2,1-2H3,(H2,13,14). The van der Waals surface area contributed by atoms with Crippen LogP contribution in [0.15, 0.2) is 29.4 Å². The lowest BCUT2D eigenvalue weighted by molar-refractivity contribution is 0.318. The summed E-state index contributed by atoms with van der Waals surface area (Å²) < 4.78 is 0. The molecular weight excluding hydrogens is 234 g/mol. The molecule has 0 bridgehead atoms. The second-order valence-electron chi connectivity index (χ2n) is 3.65. The Kier molecular flexibility index (Phi) is 5.69. The summed E-state index contributed by atoms with van der Waals surface area (Å²) in [5.41, 5.74) is 7.37. The largest absolute Gasteiger partial charge is 0.409 e. The Bertz CT molecular complexity index is 365. The van der Waals surface area contributed by atoms with Gasteiger partial charge in [-0.3, -0.25) is 0 Å². The molecule has 0 radical (unpaired) electrons. The molecule has 0 aliphatic heterocycles. The number of rotatable bonds is 6. The minimum Gasteiger partial charge on any atom is -0.409 e. The molecule has 1 aromatic rings. The number of anilines is 1. The zero-order chi connectivity index (χ0) is 12.7. The fourth-order valence-electron chi connectivity index (χ4n) is 1.42. The van der Waals surface area contributed by atoms with E-state index in [0.717, 1.165) is 29.3 Å². The molecule has 0 saturated carbocycles. The van der Waals surface area contributed by atoms with Crippen LogP contribution in [0.25, 0.3) is 0 Å². The summed E-state index contributed by atoms with van der Waals surface area (Å²) in [4.78, 5) is 2.19. The lowest BCUT2D eigenvalue weighted by atomic mass is 10.2. The van der Waals surface area contributed by atoms with Gasteiger partial charge in [-0.15, -0.1) is 0 Å². The van der Waals surface area contributed by atoms with E-state index in [1.807, 2.05) is 36.0 Å². The first kappa shape index (κ1) is 13.7. The fraction of sp³-hybridized carbons (Fsp3) is 0.417. The van der Waals surface area contributed by atoms with Crippen LogP contribution in [0.4, 0.5) is 5.69 Å². The first-order valence-corrected chi connectivity index (χ1v) is 6.71. The van der Waals surface area contributed by atoms with Crippen LogP contribution in [0.1, 0.15) is 12.5 Å². The maximum atomic E-state index is 8.56. The first-order chi connectivity index (χ1) is 8.19. The van der Waals surface area contributed by atoms with Crippen molar-refractivity contribution < 1.29 is 5.21 Å². The molecule has 1 rings (SSSR count). The summed E-state index contributed by atoms with van der Waals surface area (Å²) in [6, 6.07) is 7.66. The van der Waals surface area contributed by atoms with Gasteiger partial charge in [0.2, 0.25) is 0 Å². The minimum atomic E-state index is 0.140. The number of nitrogens with zero attached hydrogens (tertiary/aromatic N) is 2. The van der Waals surface area contributed by atoms with Crippen molar-refractivity contribution >= 4 is 23.3 Å². The third-order valence-electron chi connectivity index (χ3n) is 2.49. The third kappa shape index (κ3) is 4.19. The number of oxime groups is 1. The number of hydrogen-bond acceptors (Lipinski definition) is 4. The summed E-state index contributed by atoms with van der Waals surface area (Å²) >= 11 is 1.93. The molecule has 0 saturated heterocycles. The predicted octanol–water partition coefficient (Wildman–Crippen LogP) is 1.97. The van der Waals surface area contributed by atoms with Gasteiger partial charge in [0.25, 0.3) is 0 Å². The van der Waals surface area contributed by atoms with Gasteiger partial charge < -0.3 is 15.8 Å². The Morgan fingerprint density at radius 3 is 2.59 bits per heavy atom. The van der Waals surface area contributed by atoms with Crippen LogP contribution in [-0.4, -0.2) is 36.1 Å². The highest BCUT2D eigenvalue weighted by Crippen LogP contribution is 2.14. The van der Waals surface area contributed by atoms with E-state index in [9.17, 15) is 0 Å². The first-order valence-electron chi connectivity index (χ1n) is 5.56. The van der Waals surface area contributed by atoms with Crippen molar-refractivity contribution in [3.05, 3.63) is 29.8 Å². The maximum Gasteiger partial charge on any atom is 0.170 e. The lowest BCUT2D eigenvalue weighted by Gasteiger charge is -2.19. The topological polar surface area (TPSA) is 61.8 Å². The van der Waals surface area contributed by atoms with E-state index in [1.54, 1.807) is 0 Å². The molecule has 0 aliphatic carbocycles. The molecule has 0 fully saturated rings. The van der Waals surface area contributed by atoms with Gasteiger partial charge in [-0.05, 0) is 30.0 Å². The number of thioether (sulfide) groups is 1. The molecule has 4 nitrogen and oxygen atoms in total. The van der Waals surface area contributed by atoms with Crippen molar-refractivity contribution in [2.24, 2.45) is 10.9 Å². The Labute approximate surface area is 106 Å². The molecule has 94 valence electrons. The monoisotopic (exact) mass is 253 g/mol. The van der Waals surface area contributed by atoms with E-state index in [1.165, 1.54) is 0 Å². The summed E-state index contributed by atoms with van der Waals surface area (Å²) in [5.74, 6) is 2.41. The van der Waals surface area contributed by atoms with Crippen molar-refractivity contribution in [1.82, 2.24) is 0 Å². The zero-order valence-corrected chi connectivity index (χ0v) is 11.1. The Morgan fingerprint density at radius 2 is 2.06 bits per heavy atom. The van der Waals surface area contributed by atoms with Crippen LogP contribution in [0.3, 0.4) is 0 Å². The number of nitrogens with two attached hydrogens (primary N) is 1. The average Bonchev–Trinajstić information content (AvgIpc) is 2.38. The van der Waals surface area contributed by atoms with Crippen LogP contribution >= 0.6 is 11.8 Å². The lowest BCUT2D eigenvalue weighted by Crippen LogP contribution is -2.20. The zero-order valence-electron chi connectivity index (χ0n) is 10.3. The Hall–Kier alpha value is -1.36. The van der Waals surface area contributed by atoms with Gasteiger partial charge in [-0.25, -0.2) is 0 Å². The third-order valence-corrected chi connectivity index (χ3v) is 3.37. The summed E-state index contributed by atoms with van der Waals surface area (Å²) in [6.45, 7) is 3.18. The van der Waals surface area contributed by atoms with Crippen molar-refractivity contribution in [3.63, 3.8) is 0 Å². The van der Waals surface area contributed by atoms with Gasteiger partial charge in [0.05, 0.1) is 0 Å². The molecule has 5 heteroatoms. The normalized spacial score (nSPS) is 11.5. The second-order valence-corrected chi connectivity index (χ2v) is 5.04. The van der Waals surface area contributed by atoms with E-state index >= 15 is 0 Å². The van der Waals surface area contributed by atoms with Gasteiger partial charge in [0.1, 0.15) is 0 Å². The van der Waals surface area contributed by atoms with Crippen molar-refractivity contribution in [1.29, 1.82) is 0 Å². The molecule has 0 spiro atoms. The Balaban J connectivity index is 2.61. The quantitative estimate of drug-likeness (QED) is 0.267. The van der Waals surface area contributed by atoms with Crippen LogP contribution < -0.4 is 10.6 Å². The number of hydrogen-bond donors (Lipinski definition) is 2. The van der Waals surface area contributed by atoms with E-state index in [0.29, 0.717) is 0 Å². The smallest absolute Gasteiger partial charge is 0.170 e. The molecule has 17 heavy (non-hydrogen) atoms. The van der Waals surface area contributed by atoms with E-state index in [4.69, 9.17) is 10.9 Å². The minimum absolute atomic E-state index is 0.140. The van der Waals surface area contributed by atoms with Crippen LogP contribution in [-0.2, 0) is 0 Å². The van der Waals surface area contributed by atoms with Crippen molar-refractivity contribution in [2.45, 2.75) is 6.92 Å². The van der Waals surface area contributed by atoms with Crippen LogP contribution in [0.2, 0.25) is 0 Å². The van der Waals surface area contributed by atoms with Gasteiger partial charge in [0.15, 0.2) is 5.84 Å². The molecular formula is C12H19N3OS. The predicted molar refractivity (Wildman–Crippen MR) is 75.2 cm³/mol. The van der Waals surface area contributed by atoms with Gasteiger partial charge in [-0.2, -0.15) is 11.8 Å². The van der Waals surface area contributed by atoms with Crippen LogP contribution in [0.5, 0.6) is 0 Å². The molecule has 0 heterocycles. The fourth-order valence-corrected chi connectivity index (χ4v) is 2.11. The van der Waals surface area contributed by atoms with E-state index < -0.39 is 0 Å².